The highest BCUT2D eigenvalue weighted by Gasteiger charge is 2.33. The number of hydrogen-bond acceptors (Lipinski definition) is 3. The Balaban J connectivity index is 4.23. The molecule has 0 aromatic carbocycles. The zero-order valence-electron chi connectivity index (χ0n) is 9.92. The van der Waals surface area contributed by atoms with Crippen molar-refractivity contribution in [3.63, 3.8) is 0 Å². The van der Waals surface area contributed by atoms with Gasteiger partial charge >= 0.3 is 5.97 Å². The van der Waals surface area contributed by atoms with Crippen LogP contribution >= 0.6 is 11.8 Å². The van der Waals surface area contributed by atoms with E-state index in [1.807, 2.05) is 20.1 Å². The normalized spacial score (nSPS) is 15.3. The molecule has 0 N–H and O–H groups in total. The van der Waals surface area contributed by atoms with Gasteiger partial charge in [0.2, 0.25) is 0 Å². The Morgan fingerprint density at radius 3 is 2.43 bits per heavy atom. The minimum Gasteiger partial charge on any atom is -0.465 e. The first-order valence-corrected chi connectivity index (χ1v) is 6.41. The zero-order valence-corrected chi connectivity index (χ0v) is 10.7. The fourth-order valence-electron chi connectivity index (χ4n) is 1.14. The van der Waals surface area contributed by atoms with Crippen molar-refractivity contribution in [1.82, 2.24) is 0 Å². The average Bonchev–Trinajstić information content (AvgIpc) is 2.14. The van der Waals surface area contributed by atoms with Gasteiger partial charge in [-0.3, -0.25) is 4.79 Å². The number of esters is 1. The molecule has 0 rings (SSSR count). The van der Waals surface area contributed by atoms with Crippen LogP contribution in [0.3, 0.4) is 0 Å². The molecule has 0 saturated heterocycles. The van der Waals surface area contributed by atoms with Gasteiger partial charge in [0.05, 0.1) is 6.61 Å². The minimum absolute atomic E-state index is 0.0758. The molecule has 1 atom stereocenters. The second-order valence-electron chi connectivity index (χ2n) is 4.09. The summed E-state index contributed by atoms with van der Waals surface area (Å²) in [5, 5.41) is 0. The van der Waals surface area contributed by atoms with Crippen molar-refractivity contribution < 1.29 is 9.53 Å². The third-order valence-electron chi connectivity index (χ3n) is 2.36. The largest absolute Gasteiger partial charge is 0.465 e. The number of hydrogen-bond donors (Lipinski definition) is 0. The van der Waals surface area contributed by atoms with Crippen molar-refractivity contribution >= 4 is 17.7 Å². The van der Waals surface area contributed by atoms with Crippen LogP contribution in [0.2, 0.25) is 0 Å². The summed E-state index contributed by atoms with van der Waals surface area (Å²) >= 11 is 1.59. The van der Waals surface area contributed by atoms with E-state index in [2.05, 4.69) is 13.8 Å². The Kier molecular flexibility index (Phi) is 6.25. The molecule has 0 aliphatic carbocycles. The van der Waals surface area contributed by atoms with E-state index in [1.54, 1.807) is 11.8 Å². The van der Waals surface area contributed by atoms with E-state index in [0.29, 0.717) is 12.5 Å². The van der Waals surface area contributed by atoms with Crippen LogP contribution in [0.25, 0.3) is 0 Å². The fraction of sp³-hybridized carbons (Fsp3) is 0.909. The molecule has 1 unspecified atom stereocenters. The first-order valence-electron chi connectivity index (χ1n) is 5.18. The van der Waals surface area contributed by atoms with Crippen molar-refractivity contribution in [1.29, 1.82) is 0 Å². The lowest BCUT2D eigenvalue weighted by atomic mass is 9.99. The van der Waals surface area contributed by atoms with Gasteiger partial charge in [-0.25, -0.2) is 0 Å². The Morgan fingerprint density at radius 2 is 2.07 bits per heavy atom. The molecule has 0 aliphatic rings. The molecule has 0 fully saturated rings. The standard InChI is InChI=1S/C11H22O2S/c1-6-13-10(12)11(4,14-5)8-7-9(2)3/h9H,6-8H2,1-5H3. The van der Waals surface area contributed by atoms with Crippen LogP contribution < -0.4 is 0 Å². The maximum absolute atomic E-state index is 11.7. The van der Waals surface area contributed by atoms with E-state index >= 15 is 0 Å². The van der Waals surface area contributed by atoms with Crippen LogP contribution in [0, 0.1) is 5.92 Å². The molecule has 14 heavy (non-hydrogen) atoms. The predicted molar refractivity (Wildman–Crippen MR) is 62.6 cm³/mol. The van der Waals surface area contributed by atoms with Gasteiger partial charge in [-0.05, 0) is 38.9 Å². The Hall–Kier alpha value is -0.180. The Labute approximate surface area is 91.8 Å². The molecule has 0 aromatic rings. The minimum atomic E-state index is -0.361. The summed E-state index contributed by atoms with van der Waals surface area (Å²) in [6.07, 6.45) is 3.93. The maximum atomic E-state index is 11.7. The van der Waals surface area contributed by atoms with Gasteiger partial charge in [-0.2, -0.15) is 0 Å². The smallest absolute Gasteiger partial charge is 0.321 e. The van der Waals surface area contributed by atoms with E-state index in [1.165, 1.54) is 0 Å². The van der Waals surface area contributed by atoms with Gasteiger partial charge in [-0.1, -0.05) is 13.8 Å². The number of carbonyl (C=O) groups is 1. The van der Waals surface area contributed by atoms with Crippen LogP contribution in [0.4, 0.5) is 0 Å². The summed E-state index contributed by atoms with van der Waals surface area (Å²) < 4.78 is 4.71. The fourth-order valence-corrected chi connectivity index (χ4v) is 1.68. The highest BCUT2D eigenvalue weighted by molar-refractivity contribution is 8.00. The third-order valence-corrected chi connectivity index (χ3v) is 3.63. The first-order chi connectivity index (χ1) is 6.46. The molecule has 84 valence electrons. The lowest BCUT2D eigenvalue weighted by Gasteiger charge is -2.25. The lowest BCUT2D eigenvalue weighted by Crippen LogP contribution is -2.33. The van der Waals surface area contributed by atoms with Crippen LogP contribution in [0.5, 0.6) is 0 Å². The van der Waals surface area contributed by atoms with E-state index in [9.17, 15) is 4.79 Å². The van der Waals surface area contributed by atoms with Gasteiger partial charge in [0, 0.05) is 0 Å². The number of carbonyl (C=O) groups excluding carboxylic acids is 1. The van der Waals surface area contributed by atoms with Gasteiger partial charge in [0.15, 0.2) is 0 Å². The van der Waals surface area contributed by atoms with Gasteiger partial charge in [0.25, 0.3) is 0 Å². The molecule has 0 aliphatic heterocycles. The van der Waals surface area contributed by atoms with Gasteiger partial charge in [-0.15, -0.1) is 11.8 Å². The topological polar surface area (TPSA) is 26.3 Å². The first kappa shape index (κ1) is 13.8. The molecular weight excluding hydrogens is 196 g/mol. The van der Waals surface area contributed by atoms with Crippen molar-refractivity contribution in [3.8, 4) is 0 Å². The maximum Gasteiger partial charge on any atom is 0.321 e. The monoisotopic (exact) mass is 218 g/mol. The molecule has 0 heterocycles. The summed E-state index contributed by atoms with van der Waals surface area (Å²) in [5.74, 6) is 0.559. The molecule has 2 nitrogen and oxygen atoms in total. The van der Waals surface area contributed by atoms with Gasteiger partial charge in [0.1, 0.15) is 4.75 Å². The SMILES string of the molecule is CCOC(=O)C(C)(CCC(C)C)SC. The van der Waals surface area contributed by atoms with Crippen molar-refractivity contribution in [2.45, 2.75) is 45.3 Å². The summed E-state index contributed by atoms with van der Waals surface area (Å²) in [7, 11) is 0. The predicted octanol–water partition coefficient (Wildman–Crippen LogP) is 3.11. The quantitative estimate of drug-likeness (QED) is 0.641. The van der Waals surface area contributed by atoms with Crippen LogP contribution in [0.1, 0.15) is 40.5 Å². The second-order valence-corrected chi connectivity index (χ2v) is 5.40. The van der Waals surface area contributed by atoms with E-state index in [0.717, 1.165) is 12.8 Å². The molecule has 0 radical (unpaired) electrons. The molecule has 0 bridgehead atoms. The molecule has 0 saturated carbocycles. The Bertz CT molecular complexity index is 180. The number of thioether (sulfide) groups is 1. The average molecular weight is 218 g/mol. The summed E-state index contributed by atoms with van der Waals surface area (Å²) in [5.41, 5.74) is 0. The molecule has 0 amide bonds. The zero-order chi connectivity index (χ0) is 11.2. The molecule has 3 heteroatoms. The lowest BCUT2D eigenvalue weighted by molar-refractivity contribution is -0.145. The summed E-state index contributed by atoms with van der Waals surface area (Å²) in [4.78, 5) is 11.7. The van der Waals surface area contributed by atoms with Crippen LogP contribution in [-0.2, 0) is 9.53 Å². The van der Waals surface area contributed by atoms with Crippen molar-refractivity contribution in [2.75, 3.05) is 12.9 Å². The van der Waals surface area contributed by atoms with Crippen LogP contribution in [0.15, 0.2) is 0 Å². The van der Waals surface area contributed by atoms with E-state index in [-0.39, 0.29) is 10.7 Å². The van der Waals surface area contributed by atoms with E-state index in [4.69, 9.17) is 4.74 Å². The number of ether oxygens (including phenoxy) is 1. The molecule has 0 aromatic heterocycles. The highest BCUT2D eigenvalue weighted by atomic mass is 32.2. The second kappa shape index (κ2) is 6.33. The van der Waals surface area contributed by atoms with Crippen molar-refractivity contribution in [3.05, 3.63) is 0 Å². The number of rotatable bonds is 6. The van der Waals surface area contributed by atoms with Crippen molar-refractivity contribution in [2.24, 2.45) is 5.92 Å². The molecular formula is C11H22O2S. The molecule has 0 spiro atoms. The summed E-state index contributed by atoms with van der Waals surface area (Å²) in [6.45, 7) is 8.63. The van der Waals surface area contributed by atoms with E-state index < -0.39 is 0 Å². The third kappa shape index (κ3) is 4.36. The van der Waals surface area contributed by atoms with Crippen LogP contribution in [-0.4, -0.2) is 23.6 Å². The highest BCUT2D eigenvalue weighted by Crippen LogP contribution is 2.30. The Morgan fingerprint density at radius 1 is 1.50 bits per heavy atom. The van der Waals surface area contributed by atoms with Gasteiger partial charge < -0.3 is 4.74 Å². The summed E-state index contributed by atoms with van der Waals surface area (Å²) in [6, 6.07) is 0.